The van der Waals surface area contributed by atoms with Gasteiger partial charge in [-0.25, -0.2) is 0 Å². The number of carbonyl (C=O) groups is 1. The first-order valence-corrected chi connectivity index (χ1v) is 10.9. The quantitative estimate of drug-likeness (QED) is 0.626. The third kappa shape index (κ3) is 3.96. The van der Waals surface area contributed by atoms with Crippen molar-refractivity contribution in [1.82, 2.24) is 0 Å². The molecule has 0 amide bonds. The van der Waals surface area contributed by atoms with Gasteiger partial charge < -0.3 is 15.4 Å². The maximum Gasteiger partial charge on any atom is 0.163 e. The first-order valence-electron chi connectivity index (χ1n) is 10.9. The van der Waals surface area contributed by atoms with Gasteiger partial charge in [-0.3, -0.25) is 4.79 Å². The van der Waals surface area contributed by atoms with Crippen LogP contribution in [0.1, 0.15) is 62.8 Å². The van der Waals surface area contributed by atoms with Crippen molar-refractivity contribution in [1.29, 1.82) is 0 Å². The molecule has 2 aliphatic rings. The molecule has 0 spiro atoms. The Morgan fingerprint density at radius 2 is 1.70 bits per heavy atom. The highest BCUT2D eigenvalue weighted by molar-refractivity contribution is 6.01. The molecule has 0 saturated heterocycles. The lowest BCUT2D eigenvalue weighted by Gasteiger charge is -2.34. The molecule has 0 fully saturated rings. The summed E-state index contributed by atoms with van der Waals surface area (Å²) < 4.78 is 5.75. The van der Waals surface area contributed by atoms with E-state index in [1.54, 1.807) is 0 Å². The fourth-order valence-electron chi connectivity index (χ4n) is 4.44. The van der Waals surface area contributed by atoms with Crippen LogP contribution < -0.4 is 15.4 Å². The van der Waals surface area contributed by atoms with Gasteiger partial charge in [-0.2, -0.15) is 0 Å². The van der Waals surface area contributed by atoms with E-state index in [4.69, 9.17) is 4.74 Å². The van der Waals surface area contributed by atoms with E-state index in [-0.39, 0.29) is 17.2 Å². The molecule has 1 atom stereocenters. The number of ketones is 1. The largest absolute Gasteiger partial charge is 0.494 e. The Kier molecular flexibility index (Phi) is 5.35. The Morgan fingerprint density at radius 1 is 1.03 bits per heavy atom. The fourth-order valence-corrected chi connectivity index (χ4v) is 4.44. The molecule has 30 heavy (non-hydrogen) atoms. The van der Waals surface area contributed by atoms with Gasteiger partial charge in [0.05, 0.1) is 24.0 Å². The molecular formula is C26H32N2O2. The van der Waals surface area contributed by atoms with Gasteiger partial charge in [0.25, 0.3) is 0 Å². The number of fused-ring (bicyclic) bond motifs is 1. The van der Waals surface area contributed by atoms with Crippen LogP contribution in [-0.4, -0.2) is 12.4 Å². The maximum atomic E-state index is 13.3. The number of hydrogen-bond acceptors (Lipinski definition) is 4. The lowest BCUT2D eigenvalue weighted by molar-refractivity contribution is -0.118. The minimum Gasteiger partial charge on any atom is -0.494 e. The van der Waals surface area contributed by atoms with E-state index in [0.717, 1.165) is 46.8 Å². The Morgan fingerprint density at radius 3 is 2.37 bits per heavy atom. The van der Waals surface area contributed by atoms with Gasteiger partial charge in [0.2, 0.25) is 0 Å². The minimum absolute atomic E-state index is 0.0461. The van der Waals surface area contributed by atoms with Crippen molar-refractivity contribution in [2.75, 3.05) is 17.2 Å². The number of aryl methyl sites for hydroxylation is 2. The van der Waals surface area contributed by atoms with Crippen LogP contribution in [0.15, 0.2) is 47.7 Å². The van der Waals surface area contributed by atoms with Crippen molar-refractivity contribution >= 4 is 17.2 Å². The normalized spacial score (nSPS) is 19.9. The summed E-state index contributed by atoms with van der Waals surface area (Å²) in [5, 5.41) is 7.31. The summed E-state index contributed by atoms with van der Waals surface area (Å²) >= 11 is 0. The van der Waals surface area contributed by atoms with Crippen molar-refractivity contribution in [3.8, 4) is 5.75 Å². The summed E-state index contributed by atoms with van der Waals surface area (Å²) in [4.78, 5) is 13.3. The van der Waals surface area contributed by atoms with Gasteiger partial charge in [0.15, 0.2) is 5.78 Å². The molecule has 4 heteroatoms. The number of rotatable bonds is 4. The lowest BCUT2D eigenvalue weighted by atomic mass is 9.73. The number of Topliss-reactive ketones (excluding diaryl/α,β-unsaturated/α-hetero) is 1. The molecule has 0 aromatic heterocycles. The van der Waals surface area contributed by atoms with Crippen LogP contribution >= 0.6 is 0 Å². The topological polar surface area (TPSA) is 50.4 Å². The van der Waals surface area contributed by atoms with Gasteiger partial charge in [0, 0.05) is 17.7 Å². The van der Waals surface area contributed by atoms with E-state index in [0.29, 0.717) is 13.0 Å². The molecule has 0 radical (unpaired) electrons. The highest BCUT2D eigenvalue weighted by Gasteiger charge is 2.38. The summed E-state index contributed by atoms with van der Waals surface area (Å²) in [6.45, 7) is 11.4. The van der Waals surface area contributed by atoms with E-state index in [2.05, 4.69) is 69.5 Å². The zero-order valence-corrected chi connectivity index (χ0v) is 18.7. The zero-order valence-electron chi connectivity index (χ0n) is 18.7. The summed E-state index contributed by atoms with van der Waals surface area (Å²) in [5.41, 5.74) is 7.49. The van der Waals surface area contributed by atoms with Crippen LogP contribution in [0.2, 0.25) is 0 Å². The summed E-state index contributed by atoms with van der Waals surface area (Å²) in [5.74, 6) is 1.09. The molecule has 2 aromatic carbocycles. The second kappa shape index (κ2) is 7.82. The number of nitrogens with one attached hydrogen (secondary N) is 2. The van der Waals surface area contributed by atoms with Crippen molar-refractivity contribution < 1.29 is 9.53 Å². The second-order valence-electron chi connectivity index (χ2n) is 9.44. The molecule has 0 bridgehead atoms. The van der Waals surface area contributed by atoms with Gasteiger partial charge >= 0.3 is 0 Å². The molecule has 1 heterocycles. The van der Waals surface area contributed by atoms with Crippen molar-refractivity contribution in [2.24, 2.45) is 5.41 Å². The first kappa shape index (κ1) is 20.5. The number of hydrogen-bond donors (Lipinski definition) is 2. The highest BCUT2D eigenvalue weighted by Crippen LogP contribution is 2.46. The smallest absolute Gasteiger partial charge is 0.163 e. The Hall–Kier alpha value is -2.75. The Bertz CT molecular complexity index is 1000. The number of benzene rings is 2. The van der Waals surface area contributed by atoms with Crippen LogP contribution in [0.5, 0.6) is 5.75 Å². The number of carbonyl (C=O) groups excluding carboxylic acids is 1. The molecular weight excluding hydrogens is 372 g/mol. The molecule has 0 saturated carbocycles. The minimum atomic E-state index is -0.181. The number of allylic oxidation sites excluding steroid dienone is 1. The SMILES string of the molecule is CCCOc1ccc([C@H]2Nc3cc(C)c(C)cc3NC3=C2C(=O)CC(C)(C)C3)cc1. The van der Waals surface area contributed by atoms with E-state index >= 15 is 0 Å². The van der Waals surface area contributed by atoms with Crippen molar-refractivity contribution in [2.45, 2.75) is 59.9 Å². The van der Waals surface area contributed by atoms with Crippen molar-refractivity contribution in [3.63, 3.8) is 0 Å². The molecule has 4 rings (SSSR count). The summed E-state index contributed by atoms with van der Waals surface area (Å²) in [6, 6.07) is 12.3. The van der Waals surface area contributed by atoms with Crippen LogP contribution in [0.4, 0.5) is 11.4 Å². The van der Waals surface area contributed by atoms with E-state index in [1.807, 2.05) is 12.1 Å². The van der Waals surface area contributed by atoms with Gasteiger partial charge in [-0.05, 0) is 73.1 Å². The second-order valence-corrected chi connectivity index (χ2v) is 9.44. The molecule has 2 aromatic rings. The van der Waals surface area contributed by atoms with Crippen LogP contribution in [0.25, 0.3) is 0 Å². The maximum absolute atomic E-state index is 13.3. The number of ether oxygens (including phenoxy) is 1. The molecule has 4 nitrogen and oxygen atoms in total. The third-order valence-electron chi connectivity index (χ3n) is 6.11. The van der Waals surface area contributed by atoms with E-state index < -0.39 is 0 Å². The predicted molar refractivity (Wildman–Crippen MR) is 123 cm³/mol. The van der Waals surface area contributed by atoms with Crippen molar-refractivity contribution in [3.05, 3.63) is 64.4 Å². The van der Waals surface area contributed by atoms with Crippen LogP contribution in [0, 0.1) is 19.3 Å². The average Bonchev–Trinajstić information content (AvgIpc) is 2.83. The monoisotopic (exact) mass is 404 g/mol. The third-order valence-corrected chi connectivity index (χ3v) is 6.11. The van der Waals surface area contributed by atoms with Gasteiger partial charge in [0.1, 0.15) is 5.75 Å². The molecule has 158 valence electrons. The Balaban J connectivity index is 1.80. The highest BCUT2D eigenvalue weighted by atomic mass is 16.5. The first-order chi connectivity index (χ1) is 14.3. The molecule has 0 unspecified atom stereocenters. The van der Waals surface area contributed by atoms with E-state index in [9.17, 15) is 4.79 Å². The Labute approximate surface area is 179 Å². The van der Waals surface area contributed by atoms with E-state index in [1.165, 1.54) is 11.1 Å². The summed E-state index contributed by atoms with van der Waals surface area (Å²) in [7, 11) is 0. The van der Waals surface area contributed by atoms with Gasteiger partial charge in [-0.1, -0.05) is 32.9 Å². The molecule has 1 aliphatic heterocycles. The van der Waals surface area contributed by atoms with Crippen LogP contribution in [-0.2, 0) is 4.79 Å². The lowest BCUT2D eigenvalue weighted by Crippen LogP contribution is -2.31. The average molecular weight is 405 g/mol. The fraction of sp³-hybridized carbons (Fsp3) is 0.423. The zero-order chi connectivity index (χ0) is 21.5. The molecule has 1 aliphatic carbocycles. The van der Waals surface area contributed by atoms with Crippen LogP contribution in [0.3, 0.4) is 0 Å². The molecule has 2 N–H and O–H groups in total. The predicted octanol–water partition coefficient (Wildman–Crippen LogP) is 6.31. The number of anilines is 2. The van der Waals surface area contributed by atoms with Gasteiger partial charge in [-0.15, -0.1) is 0 Å². The standard InChI is InChI=1S/C26H32N2O2/c1-6-11-30-19-9-7-18(8-10-19)25-24-22(14-26(4,5)15-23(24)29)27-20-12-16(2)17(3)13-21(20)28-25/h7-10,12-13,25,27-28H,6,11,14-15H2,1-5H3/t25-/m1/s1. The summed E-state index contributed by atoms with van der Waals surface area (Å²) in [6.07, 6.45) is 2.40.